The Morgan fingerprint density at radius 3 is 2.40 bits per heavy atom. The predicted octanol–water partition coefficient (Wildman–Crippen LogP) is 6.94. The van der Waals surface area contributed by atoms with E-state index in [1.807, 2.05) is 6.20 Å². The second-order valence-electron chi connectivity index (χ2n) is 9.68. The summed E-state index contributed by atoms with van der Waals surface area (Å²) >= 11 is 0. The van der Waals surface area contributed by atoms with Crippen LogP contribution in [0.2, 0.25) is 0 Å². The number of fused-ring (bicyclic) bond motifs is 2. The van der Waals surface area contributed by atoms with Crippen molar-refractivity contribution in [3.05, 3.63) is 97.2 Å². The Bertz CT molecular complexity index is 1490. The van der Waals surface area contributed by atoms with E-state index in [1.54, 1.807) is 0 Å². The monoisotopic (exact) mass is 458 g/mol. The molecule has 1 aromatic heterocycles. The minimum Gasteiger partial charge on any atom is -0.370 e. The molecule has 0 bridgehead atoms. The third-order valence-electron chi connectivity index (χ3n) is 7.23. The van der Waals surface area contributed by atoms with Crippen molar-refractivity contribution in [3.63, 3.8) is 0 Å². The molecule has 4 heteroatoms. The lowest BCUT2D eigenvalue weighted by Crippen LogP contribution is -2.31. The van der Waals surface area contributed by atoms with Gasteiger partial charge in [0.15, 0.2) is 0 Å². The van der Waals surface area contributed by atoms with Crippen LogP contribution in [0.3, 0.4) is 0 Å². The summed E-state index contributed by atoms with van der Waals surface area (Å²) in [4.78, 5) is 9.41. The van der Waals surface area contributed by atoms with Crippen LogP contribution in [0.5, 0.6) is 0 Å². The normalized spacial score (nSPS) is 15.9. The van der Waals surface area contributed by atoms with Crippen LogP contribution in [0.4, 0.5) is 17.1 Å². The highest BCUT2D eigenvalue weighted by atomic mass is 15.2. The topological polar surface area (TPSA) is 31.4 Å². The van der Waals surface area contributed by atoms with E-state index in [2.05, 4.69) is 125 Å². The molecule has 6 rings (SSSR count). The summed E-state index contributed by atoms with van der Waals surface area (Å²) in [5.41, 5.74) is 6.84. The molecular formula is C31H30N4. The van der Waals surface area contributed by atoms with Gasteiger partial charge in [-0.1, -0.05) is 42.5 Å². The first-order chi connectivity index (χ1) is 17.1. The first-order valence-electron chi connectivity index (χ1n) is 12.3. The molecular weight excluding hydrogens is 428 g/mol. The van der Waals surface area contributed by atoms with Gasteiger partial charge in [0.1, 0.15) is 0 Å². The van der Waals surface area contributed by atoms with E-state index in [9.17, 15) is 0 Å². The van der Waals surface area contributed by atoms with E-state index in [4.69, 9.17) is 0 Å². The first-order valence-corrected chi connectivity index (χ1v) is 12.3. The fraction of sp³-hybridized carbons (Fsp3) is 0.194. The van der Waals surface area contributed by atoms with Crippen molar-refractivity contribution in [1.82, 2.24) is 9.88 Å². The maximum absolute atomic E-state index is 4.61. The number of aromatic nitrogens is 1. The van der Waals surface area contributed by atoms with Gasteiger partial charge in [0.25, 0.3) is 0 Å². The van der Waals surface area contributed by atoms with E-state index in [0.717, 1.165) is 35.4 Å². The van der Waals surface area contributed by atoms with Crippen molar-refractivity contribution in [1.29, 1.82) is 0 Å². The first kappa shape index (κ1) is 21.6. The Labute approximate surface area is 206 Å². The van der Waals surface area contributed by atoms with Crippen molar-refractivity contribution in [2.24, 2.45) is 0 Å². The molecule has 0 saturated carbocycles. The van der Waals surface area contributed by atoms with Crippen molar-refractivity contribution in [3.8, 4) is 11.1 Å². The van der Waals surface area contributed by atoms with Crippen LogP contribution in [-0.2, 0) is 0 Å². The van der Waals surface area contributed by atoms with Gasteiger partial charge < -0.3 is 15.1 Å². The largest absolute Gasteiger partial charge is 0.370 e. The van der Waals surface area contributed by atoms with Gasteiger partial charge in [-0.2, -0.15) is 0 Å². The van der Waals surface area contributed by atoms with E-state index in [-0.39, 0.29) is 0 Å². The van der Waals surface area contributed by atoms with Crippen LogP contribution in [-0.4, -0.2) is 43.1 Å². The zero-order chi connectivity index (χ0) is 23.8. The summed E-state index contributed by atoms with van der Waals surface area (Å²) in [6.45, 7) is 2.20. The van der Waals surface area contributed by atoms with Gasteiger partial charge in [0.05, 0.1) is 5.52 Å². The van der Waals surface area contributed by atoms with Gasteiger partial charge >= 0.3 is 0 Å². The van der Waals surface area contributed by atoms with Crippen LogP contribution in [0.15, 0.2) is 97.2 Å². The lowest BCUT2D eigenvalue weighted by atomic mass is 9.99. The highest BCUT2D eigenvalue weighted by molar-refractivity contribution is 5.96. The standard InChI is InChI=1S/C31H30N4/c1-34(2)28-16-18-35(21-28)27-12-10-26(11-13-27)33-31-15-17-32-30-14-9-25(20-29(30)31)24-8-7-22-5-3-4-6-23(22)19-24/h3-15,17,19-20,28H,16,18,21H2,1-2H3,(H,32,33)/t28-/m1/s1. The summed E-state index contributed by atoms with van der Waals surface area (Å²) in [7, 11) is 4.34. The maximum Gasteiger partial charge on any atom is 0.0723 e. The van der Waals surface area contributed by atoms with E-state index in [1.165, 1.54) is 34.0 Å². The lowest BCUT2D eigenvalue weighted by molar-refractivity contribution is 0.315. The number of nitrogens with one attached hydrogen (secondary N) is 1. The minimum atomic E-state index is 0.632. The number of pyridine rings is 1. The van der Waals surface area contributed by atoms with Crippen LogP contribution < -0.4 is 10.2 Å². The average Bonchev–Trinajstić information content (AvgIpc) is 3.40. The highest BCUT2D eigenvalue weighted by Crippen LogP contribution is 2.32. The SMILES string of the molecule is CN(C)[C@@H]1CCN(c2ccc(Nc3ccnc4ccc(-c5ccc6ccccc6c5)cc34)cc2)C1. The van der Waals surface area contributed by atoms with Gasteiger partial charge in [-0.15, -0.1) is 0 Å². The van der Waals surface area contributed by atoms with Crippen LogP contribution in [0.25, 0.3) is 32.8 Å². The van der Waals surface area contributed by atoms with E-state index < -0.39 is 0 Å². The third-order valence-corrected chi connectivity index (χ3v) is 7.23. The van der Waals surface area contributed by atoms with Crippen molar-refractivity contribution in [2.75, 3.05) is 37.4 Å². The van der Waals surface area contributed by atoms with Gasteiger partial charge in [-0.3, -0.25) is 4.98 Å². The number of hydrogen-bond donors (Lipinski definition) is 1. The Hall–Kier alpha value is -3.89. The smallest absolute Gasteiger partial charge is 0.0723 e. The fourth-order valence-corrected chi connectivity index (χ4v) is 5.11. The molecule has 1 saturated heterocycles. The van der Waals surface area contributed by atoms with E-state index in [0.29, 0.717) is 6.04 Å². The maximum atomic E-state index is 4.61. The number of anilines is 3. The molecule has 174 valence electrons. The Morgan fingerprint density at radius 2 is 1.60 bits per heavy atom. The molecule has 1 aliphatic rings. The molecule has 1 fully saturated rings. The molecule has 0 aliphatic carbocycles. The highest BCUT2D eigenvalue weighted by Gasteiger charge is 2.23. The molecule has 0 spiro atoms. The number of likely N-dealkylation sites (N-methyl/N-ethyl adjacent to an activating group) is 1. The van der Waals surface area contributed by atoms with Gasteiger partial charge in [-0.05, 0) is 90.9 Å². The van der Waals surface area contributed by atoms with Crippen LogP contribution in [0, 0.1) is 0 Å². The average molecular weight is 459 g/mol. The quantitative estimate of drug-likeness (QED) is 0.309. The minimum absolute atomic E-state index is 0.632. The zero-order valence-electron chi connectivity index (χ0n) is 20.3. The Balaban J connectivity index is 1.27. The molecule has 0 amide bonds. The Morgan fingerprint density at radius 1 is 0.829 bits per heavy atom. The third kappa shape index (κ3) is 4.33. The number of hydrogen-bond acceptors (Lipinski definition) is 4. The van der Waals surface area contributed by atoms with Gasteiger partial charge in [0.2, 0.25) is 0 Å². The Kier molecular flexibility index (Phi) is 5.59. The molecule has 35 heavy (non-hydrogen) atoms. The van der Waals surface area contributed by atoms with Crippen LogP contribution in [0.1, 0.15) is 6.42 Å². The summed E-state index contributed by atoms with van der Waals surface area (Å²) in [5, 5.41) is 7.27. The number of rotatable bonds is 5. The molecule has 1 aliphatic heterocycles. The fourth-order valence-electron chi connectivity index (χ4n) is 5.11. The van der Waals surface area contributed by atoms with Gasteiger partial charge in [0, 0.05) is 47.8 Å². The summed E-state index contributed by atoms with van der Waals surface area (Å²) < 4.78 is 0. The molecule has 4 aromatic carbocycles. The van der Waals surface area contributed by atoms with E-state index >= 15 is 0 Å². The molecule has 1 N–H and O–H groups in total. The summed E-state index contributed by atoms with van der Waals surface area (Å²) in [6.07, 6.45) is 3.09. The van der Waals surface area contributed by atoms with Gasteiger partial charge in [-0.25, -0.2) is 0 Å². The van der Waals surface area contributed by atoms with Crippen molar-refractivity contribution >= 4 is 38.7 Å². The predicted molar refractivity (Wildman–Crippen MR) is 149 cm³/mol. The molecule has 2 heterocycles. The second kappa shape index (κ2) is 9.05. The number of benzene rings is 4. The lowest BCUT2D eigenvalue weighted by Gasteiger charge is -2.22. The summed E-state index contributed by atoms with van der Waals surface area (Å²) in [6, 6.07) is 33.2. The van der Waals surface area contributed by atoms with Crippen LogP contribution >= 0.6 is 0 Å². The molecule has 5 aromatic rings. The molecule has 1 atom stereocenters. The molecule has 4 nitrogen and oxygen atoms in total. The zero-order valence-corrected chi connectivity index (χ0v) is 20.3. The van der Waals surface area contributed by atoms with Crippen molar-refractivity contribution in [2.45, 2.75) is 12.5 Å². The van der Waals surface area contributed by atoms with Crippen molar-refractivity contribution < 1.29 is 0 Å². The molecule has 0 unspecified atom stereocenters. The molecule has 0 radical (unpaired) electrons. The second-order valence-corrected chi connectivity index (χ2v) is 9.68. The summed E-state index contributed by atoms with van der Waals surface area (Å²) in [5.74, 6) is 0. The number of nitrogens with zero attached hydrogens (tertiary/aromatic N) is 3.